The summed E-state index contributed by atoms with van der Waals surface area (Å²) in [5.74, 6) is -2.45. The van der Waals surface area contributed by atoms with Crippen LogP contribution in [0.3, 0.4) is 0 Å². The molecule has 1 aromatic heterocycles. The highest BCUT2D eigenvalue weighted by Crippen LogP contribution is 2.20. The van der Waals surface area contributed by atoms with E-state index in [1.807, 2.05) is 0 Å². The van der Waals surface area contributed by atoms with Gasteiger partial charge in [-0.1, -0.05) is 13.8 Å². The lowest BCUT2D eigenvalue weighted by Gasteiger charge is -2.26. The van der Waals surface area contributed by atoms with Gasteiger partial charge < -0.3 is 10.8 Å². The highest BCUT2D eigenvalue weighted by Gasteiger charge is 2.45. The Balaban J connectivity index is 3.17. The first-order valence-electron chi connectivity index (χ1n) is 4.87. The summed E-state index contributed by atoms with van der Waals surface area (Å²) in [4.78, 5) is 26.9. The SMILES string of the molecule is CC(C)[C@](N)(C(=O)O)C(=O)c1cccnc1. The third-order valence-corrected chi connectivity index (χ3v) is 2.56. The van der Waals surface area contributed by atoms with Crippen LogP contribution in [0.2, 0.25) is 0 Å². The zero-order valence-corrected chi connectivity index (χ0v) is 9.18. The molecule has 0 saturated carbocycles. The number of aliphatic carboxylic acids is 1. The van der Waals surface area contributed by atoms with Crippen LogP contribution < -0.4 is 5.73 Å². The Morgan fingerprint density at radius 3 is 2.50 bits per heavy atom. The third-order valence-electron chi connectivity index (χ3n) is 2.56. The van der Waals surface area contributed by atoms with Gasteiger partial charge in [0.15, 0.2) is 11.3 Å². The number of aromatic nitrogens is 1. The lowest BCUT2D eigenvalue weighted by atomic mass is 9.81. The van der Waals surface area contributed by atoms with Crippen molar-refractivity contribution in [2.24, 2.45) is 11.7 Å². The molecule has 0 radical (unpaired) electrons. The summed E-state index contributed by atoms with van der Waals surface area (Å²) in [5, 5.41) is 9.07. The maximum absolute atomic E-state index is 12.0. The van der Waals surface area contributed by atoms with Crippen molar-refractivity contribution in [3.05, 3.63) is 30.1 Å². The molecule has 1 atom stereocenters. The van der Waals surface area contributed by atoms with Gasteiger partial charge in [-0.25, -0.2) is 4.79 Å². The van der Waals surface area contributed by atoms with Gasteiger partial charge in [0.05, 0.1) is 0 Å². The standard InChI is InChI=1S/C11H14N2O3/c1-7(2)11(12,10(15)16)9(14)8-4-3-5-13-6-8/h3-7H,12H2,1-2H3,(H,15,16)/t11-/m1/s1. The van der Waals surface area contributed by atoms with Crippen LogP contribution in [0.4, 0.5) is 0 Å². The molecule has 16 heavy (non-hydrogen) atoms. The average Bonchev–Trinajstić information content (AvgIpc) is 2.27. The Hall–Kier alpha value is -1.75. The molecule has 0 amide bonds. The fraction of sp³-hybridized carbons (Fsp3) is 0.364. The van der Waals surface area contributed by atoms with Gasteiger partial charge >= 0.3 is 5.97 Å². The second-order valence-corrected chi connectivity index (χ2v) is 3.90. The van der Waals surface area contributed by atoms with E-state index in [4.69, 9.17) is 10.8 Å². The molecule has 1 rings (SSSR count). The van der Waals surface area contributed by atoms with E-state index < -0.39 is 23.2 Å². The van der Waals surface area contributed by atoms with Crippen molar-refractivity contribution in [2.75, 3.05) is 0 Å². The number of hydrogen-bond donors (Lipinski definition) is 2. The number of carbonyl (C=O) groups is 2. The largest absolute Gasteiger partial charge is 0.480 e. The zero-order chi connectivity index (χ0) is 12.3. The van der Waals surface area contributed by atoms with Crippen molar-refractivity contribution in [2.45, 2.75) is 19.4 Å². The molecule has 1 aromatic rings. The first kappa shape index (κ1) is 12.3. The summed E-state index contributed by atoms with van der Waals surface area (Å²) in [6.45, 7) is 3.20. The van der Waals surface area contributed by atoms with Crippen molar-refractivity contribution in [3.63, 3.8) is 0 Å². The number of carboxylic acid groups (broad SMARTS) is 1. The van der Waals surface area contributed by atoms with Gasteiger partial charge in [0.25, 0.3) is 0 Å². The summed E-state index contributed by atoms with van der Waals surface area (Å²) >= 11 is 0. The summed E-state index contributed by atoms with van der Waals surface area (Å²) in [6, 6.07) is 3.07. The normalized spacial score (nSPS) is 14.5. The minimum absolute atomic E-state index is 0.209. The van der Waals surface area contributed by atoms with Gasteiger partial charge in [0.1, 0.15) is 0 Å². The monoisotopic (exact) mass is 222 g/mol. The minimum atomic E-state index is -1.90. The maximum Gasteiger partial charge on any atom is 0.332 e. The molecule has 0 spiro atoms. The van der Waals surface area contributed by atoms with E-state index in [-0.39, 0.29) is 5.56 Å². The lowest BCUT2D eigenvalue weighted by Crippen LogP contribution is -2.58. The van der Waals surface area contributed by atoms with Crippen LogP contribution in [0.25, 0.3) is 0 Å². The molecule has 0 aliphatic rings. The Kier molecular flexibility index (Phi) is 3.39. The summed E-state index contributed by atoms with van der Waals surface area (Å²) in [6.07, 6.45) is 2.82. The van der Waals surface area contributed by atoms with Crippen LogP contribution in [0.1, 0.15) is 24.2 Å². The molecule has 5 nitrogen and oxygen atoms in total. The van der Waals surface area contributed by atoms with Crippen LogP contribution >= 0.6 is 0 Å². The quantitative estimate of drug-likeness (QED) is 0.577. The number of ketones is 1. The summed E-state index contributed by atoms with van der Waals surface area (Å²) in [5.41, 5.74) is 3.99. The van der Waals surface area contributed by atoms with Gasteiger partial charge in [-0.05, 0) is 18.1 Å². The van der Waals surface area contributed by atoms with Crippen molar-refractivity contribution in [3.8, 4) is 0 Å². The Morgan fingerprint density at radius 1 is 1.50 bits per heavy atom. The molecule has 1 heterocycles. The third kappa shape index (κ3) is 1.94. The van der Waals surface area contributed by atoms with E-state index in [0.717, 1.165) is 0 Å². The number of carbonyl (C=O) groups excluding carboxylic acids is 1. The number of pyridine rings is 1. The van der Waals surface area contributed by atoms with Crippen molar-refractivity contribution >= 4 is 11.8 Å². The van der Waals surface area contributed by atoms with E-state index in [0.29, 0.717) is 0 Å². The van der Waals surface area contributed by atoms with Gasteiger partial charge in [-0.3, -0.25) is 9.78 Å². The molecule has 0 aliphatic carbocycles. The summed E-state index contributed by atoms with van der Waals surface area (Å²) < 4.78 is 0. The number of carboxylic acids is 1. The smallest absolute Gasteiger partial charge is 0.332 e. The second kappa shape index (κ2) is 4.40. The Bertz CT molecular complexity index is 403. The van der Waals surface area contributed by atoms with Crippen LogP contribution in [-0.4, -0.2) is 27.4 Å². The van der Waals surface area contributed by atoms with E-state index in [1.54, 1.807) is 19.9 Å². The molecule has 3 N–H and O–H groups in total. The van der Waals surface area contributed by atoms with Gasteiger partial charge in [0.2, 0.25) is 0 Å². The first-order valence-corrected chi connectivity index (χ1v) is 4.87. The number of rotatable bonds is 4. The van der Waals surface area contributed by atoms with Crippen LogP contribution in [-0.2, 0) is 4.79 Å². The van der Waals surface area contributed by atoms with Crippen LogP contribution in [0, 0.1) is 5.92 Å². The molecule has 0 aromatic carbocycles. The topological polar surface area (TPSA) is 93.3 Å². The molecule has 0 saturated heterocycles. The van der Waals surface area contributed by atoms with Crippen molar-refractivity contribution < 1.29 is 14.7 Å². The van der Waals surface area contributed by atoms with E-state index >= 15 is 0 Å². The molecule has 86 valence electrons. The molecular weight excluding hydrogens is 208 g/mol. The fourth-order valence-corrected chi connectivity index (χ4v) is 1.34. The zero-order valence-electron chi connectivity index (χ0n) is 9.18. The molecule has 0 bridgehead atoms. The van der Waals surface area contributed by atoms with E-state index in [9.17, 15) is 9.59 Å². The van der Waals surface area contributed by atoms with E-state index in [2.05, 4.69) is 4.98 Å². The minimum Gasteiger partial charge on any atom is -0.480 e. The van der Waals surface area contributed by atoms with Crippen LogP contribution in [0.15, 0.2) is 24.5 Å². The van der Waals surface area contributed by atoms with Gasteiger partial charge in [0, 0.05) is 18.0 Å². The van der Waals surface area contributed by atoms with E-state index in [1.165, 1.54) is 18.5 Å². The number of nitrogens with two attached hydrogens (primary N) is 1. The Labute approximate surface area is 93.3 Å². The lowest BCUT2D eigenvalue weighted by molar-refractivity contribution is -0.142. The summed E-state index contributed by atoms with van der Waals surface area (Å²) in [7, 11) is 0. The molecule has 0 aliphatic heterocycles. The highest BCUT2D eigenvalue weighted by atomic mass is 16.4. The average molecular weight is 222 g/mol. The van der Waals surface area contributed by atoms with Crippen molar-refractivity contribution in [1.29, 1.82) is 0 Å². The maximum atomic E-state index is 12.0. The second-order valence-electron chi connectivity index (χ2n) is 3.90. The van der Waals surface area contributed by atoms with Gasteiger partial charge in [-0.15, -0.1) is 0 Å². The fourth-order valence-electron chi connectivity index (χ4n) is 1.34. The molecular formula is C11H14N2O3. The van der Waals surface area contributed by atoms with Crippen LogP contribution in [0.5, 0.6) is 0 Å². The highest BCUT2D eigenvalue weighted by molar-refractivity contribution is 6.15. The van der Waals surface area contributed by atoms with Gasteiger partial charge in [-0.2, -0.15) is 0 Å². The first-order chi connectivity index (χ1) is 7.40. The molecule has 5 heteroatoms. The number of nitrogens with zero attached hydrogens (tertiary/aromatic N) is 1. The predicted molar refractivity (Wildman–Crippen MR) is 58.0 cm³/mol. The number of Topliss-reactive ketones (excluding diaryl/α,β-unsaturated/α-hetero) is 1. The number of hydrogen-bond acceptors (Lipinski definition) is 4. The molecule has 0 fully saturated rings. The van der Waals surface area contributed by atoms with Crippen molar-refractivity contribution in [1.82, 2.24) is 4.98 Å². The predicted octanol–water partition coefficient (Wildman–Crippen LogP) is 0.702. The molecule has 0 unspecified atom stereocenters. The Morgan fingerprint density at radius 2 is 2.12 bits per heavy atom.